The number of benzene rings is 1. The minimum Gasteiger partial charge on any atom is -0.493 e. The molecule has 5 nitrogen and oxygen atoms in total. The highest BCUT2D eigenvalue weighted by Gasteiger charge is 2.24. The number of nitrogens with zero attached hydrogens (tertiary/aromatic N) is 2. The van der Waals surface area contributed by atoms with Crippen molar-refractivity contribution in [1.29, 1.82) is 0 Å². The smallest absolute Gasteiger partial charge is 0.161 e. The van der Waals surface area contributed by atoms with Crippen molar-refractivity contribution in [1.82, 2.24) is 15.2 Å². The van der Waals surface area contributed by atoms with Gasteiger partial charge >= 0.3 is 0 Å². The number of halogens is 1. The van der Waals surface area contributed by atoms with Crippen molar-refractivity contribution >= 4 is 12.4 Å². The van der Waals surface area contributed by atoms with E-state index >= 15 is 0 Å². The van der Waals surface area contributed by atoms with Crippen molar-refractivity contribution in [3.63, 3.8) is 0 Å². The standard InChI is InChI=1S/C18H23N3O2.ClH/c1-22-17-4-3-14(11-18(17)23-2)13-21-10-9-20-12-16(21)15-5-7-19-8-6-15;/h3-8,11,16,20H,9-10,12-13H2,1-2H3;1H. The lowest BCUT2D eigenvalue weighted by atomic mass is 10.0. The molecule has 1 unspecified atom stereocenters. The van der Waals surface area contributed by atoms with Crippen LogP contribution in [0, 0.1) is 0 Å². The number of hydrogen-bond acceptors (Lipinski definition) is 5. The fourth-order valence-electron chi connectivity index (χ4n) is 3.06. The minimum atomic E-state index is 0. The van der Waals surface area contributed by atoms with Crippen LogP contribution in [0.3, 0.4) is 0 Å². The number of methoxy groups -OCH3 is 2. The molecule has 24 heavy (non-hydrogen) atoms. The maximum Gasteiger partial charge on any atom is 0.161 e. The first-order valence-corrected chi connectivity index (χ1v) is 7.87. The van der Waals surface area contributed by atoms with Gasteiger partial charge in [-0.25, -0.2) is 0 Å². The summed E-state index contributed by atoms with van der Waals surface area (Å²) in [5.74, 6) is 1.54. The van der Waals surface area contributed by atoms with Crippen LogP contribution in [-0.2, 0) is 6.54 Å². The third-order valence-corrected chi connectivity index (χ3v) is 4.28. The van der Waals surface area contributed by atoms with Crippen LogP contribution in [0.25, 0.3) is 0 Å². The molecule has 2 heterocycles. The fourth-order valence-corrected chi connectivity index (χ4v) is 3.06. The highest BCUT2D eigenvalue weighted by Crippen LogP contribution is 2.30. The quantitative estimate of drug-likeness (QED) is 0.899. The van der Waals surface area contributed by atoms with Crippen LogP contribution in [0.1, 0.15) is 17.2 Å². The van der Waals surface area contributed by atoms with Crippen molar-refractivity contribution in [2.75, 3.05) is 33.9 Å². The Bertz CT molecular complexity index is 639. The summed E-state index contributed by atoms with van der Waals surface area (Å²) in [7, 11) is 3.33. The first-order valence-electron chi connectivity index (χ1n) is 7.87. The second-order valence-corrected chi connectivity index (χ2v) is 5.66. The van der Waals surface area contributed by atoms with E-state index in [1.165, 1.54) is 11.1 Å². The molecule has 0 saturated carbocycles. The van der Waals surface area contributed by atoms with Crippen LogP contribution in [0.4, 0.5) is 0 Å². The molecule has 2 aromatic rings. The van der Waals surface area contributed by atoms with Gasteiger partial charge in [-0.15, -0.1) is 12.4 Å². The van der Waals surface area contributed by atoms with E-state index in [9.17, 15) is 0 Å². The van der Waals surface area contributed by atoms with Crippen LogP contribution in [0.2, 0.25) is 0 Å². The number of nitrogens with one attached hydrogen (secondary N) is 1. The van der Waals surface area contributed by atoms with Crippen LogP contribution < -0.4 is 14.8 Å². The zero-order valence-electron chi connectivity index (χ0n) is 14.1. The Morgan fingerprint density at radius 1 is 1.12 bits per heavy atom. The SMILES string of the molecule is COc1ccc(CN2CCNCC2c2ccncc2)cc1OC.Cl. The molecular weight excluding hydrogens is 326 g/mol. The van der Waals surface area contributed by atoms with Gasteiger partial charge in [-0.3, -0.25) is 9.88 Å². The van der Waals surface area contributed by atoms with Gasteiger partial charge in [-0.2, -0.15) is 0 Å². The average Bonchev–Trinajstić information content (AvgIpc) is 2.63. The number of rotatable bonds is 5. The number of hydrogen-bond donors (Lipinski definition) is 1. The molecule has 0 radical (unpaired) electrons. The van der Waals surface area contributed by atoms with E-state index < -0.39 is 0 Å². The van der Waals surface area contributed by atoms with E-state index in [1.807, 2.05) is 18.5 Å². The molecular formula is C18H24ClN3O2. The summed E-state index contributed by atoms with van der Waals surface area (Å²) in [5.41, 5.74) is 2.52. The normalized spacial score (nSPS) is 17.8. The Labute approximate surface area is 149 Å². The third-order valence-electron chi connectivity index (χ3n) is 4.28. The van der Waals surface area contributed by atoms with E-state index in [0.29, 0.717) is 6.04 Å². The van der Waals surface area contributed by atoms with Gasteiger partial charge in [0.15, 0.2) is 11.5 Å². The molecule has 0 aliphatic carbocycles. The van der Waals surface area contributed by atoms with Gasteiger partial charge in [-0.05, 0) is 35.4 Å². The lowest BCUT2D eigenvalue weighted by Crippen LogP contribution is -2.45. The molecule has 1 aliphatic rings. The Kier molecular flexibility index (Phi) is 6.85. The summed E-state index contributed by atoms with van der Waals surface area (Å²) in [6.45, 7) is 3.86. The molecule has 1 aliphatic heterocycles. The van der Waals surface area contributed by atoms with Gasteiger partial charge in [-0.1, -0.05) is 6.07 Å². The fraction of sp³-hybridized carbons (Fsp3) is 0.389. The van der Waals surface area contributed by atoms with Crippen LogP contribution in [0.15, 0.2) is 42.7 Å². The summed E-state index contributed by atoms with van der Waals surface area (Å²) in [5, 5.41) is 3.48. The number of piperazine rings is 1. The van der Waals surface area contributed by atoms with Gasteiger partial charge in [0, 0.05) is 44.6 Å². The molecule has 1 aromatic carbocycles. The molecule has 6 heteroatoms. The summed E-state index contributed by atoms with van der Waals surface area (Å²) in [6, 6.07) is 10.7. The average molecular weight is 350 g/mol. The lowest BCUT2D eigenvalue weighted by Gasteiger charge is -2.36. The zero-order valence-corrected chi connectivity index (χ0v) is 14.9. The minimum absolute atomic E-state index is 0. The molecule has 0 spiro atoms. The second-order valence-electron chi connectivity index (χ2n) is 5.66. The summed E-state index contributed by atoms with van der Waals surface area (Å²) in [4.78, 5) is 6.61. The largest absolute Gasteiger partial charge is 0.493 e. The van der Waals surface area contributed by atoms with Crippen LogP contribution in [-0.4, -0.2) is 43.7 Å². The molecule has 0 bridgehead atoms. The van der Waals surface area contributed by atoms with Gasteiger partial charge in [0.25, 0.3) is 0 Å². The van der Waals surface area contributed by atoms with E-state index in [-0.39, 0.29) is 12.4 Å². The maximum absolute atomic E-state index is 5.41. The zero-order chi connectivity index (χ0) is 16.1. The summed E-state index contributed by atoms with van der Waals surface area (Å²) >= 11 is 0. The highest BCUT2D eigenvalue weighted by atomic mass is 35.5. The summed E-state index contributed by atoms with van der Waals surface area (Å²) < 4.78 is 10.7. The van der Waals surface area contributed by atoms with Crippen LogP contribution in [0.5, 0.6) is 11.5 Å². The molecule has 0 amide bonds. The lowest BCUT2D eigenvalue weighted by molar-refractivity contribution is 0.153. The molecule has 1 atom stereocenters. The van der Waals surface area contributed by atoms with E-state index in [2.05, 4.69) is 39.5 Å². The maximum atomic E-state index is 5.41. The van der Waals surface area contributed by atoms with Gasteiger partial charge in [0.1, 0.15) is 0 Å². The van der Waals surface area contributed by atoms with Crippen molar-refractivity contribution in [2.24, 2.45) is 0 Å². The predicted octanol–water partition coefficient (Wildman–Crippen LogP) is 2.67. The Hall–Kier alpha value is -1.82. The van der Waals surface area contributed by atoms with Crippen molar-refractivity contribution < 1.29 is 9.47 Å². The first-order chi connectivity index (χ1) is 11.3. The van der Waals surface area contributed by atoms with Crippen molar-refractivity contribution in [3.8, 4) is 11.5 Å². The van der Waals surface area contributed by atoms with Gasteiger partial charge < -0.3 is 14.8 Å². The number of pyridine rings is 1. The Balaban J connectivity index is 0.00000208. The molecule has 1 fully saturated rings. The van der Waals surface area contributed by atoms with Gasteiger partial charge in [0.2, 0.25) is 0 Å². The van der Waals surface area contributed by atoms with E-state index in [0.717, 1.165) is 37.7 Å². The van der Waals surface area contributed by atoms with E-state index in [4.69, 9.17) is 9.47 Å². The Morgan fingerprint density at radius 2 is 1.88 bits per heavy atom. The predicted molar refractivity (Wildman–Crippen MR) is 97.1 cm³/mol. The van der Waals surface area contributed by atoms with Crippen molar-refractivity contribution in [3.05, 3.63) is 53.9 Å². The Morgan fingerprint density at radius 3 is 2.58 bits per heavy atom. The third kappa shape index (κ3) is 4.17. The first kappa shape index (κ1) is 18.5. The number of ether oxygens (including phenoxy) is 2. The topological polar surface area (TPSA) is 46.6 Å². The number of aromatic nitrogens is 1. The van der Waals surface area contributed by atoms with E-state index in [1.54, 1.807) is 14.2 Å². The summed E-state index contributed by atoms with van der Waals surface area (Å²) in [6.07, 6.45) is 3.72. The second kappa shape index (κ2) is 8.87. The molecule has 1 saturated heterocycles. The molecule has 1 N–H and O–H groups in total. The van der Waals surface area contributed by atoms with Gasteiger partial charge in [0.05, 0.1) is 14.2 Å². The van der Waals surface area contributed by atoms with Crippen LogP contribution >= 0.6 is 12.4 Å². The monoisotopic (exact) mass is 349 g/mol. The van der Waals surface area contributed by atoms with Crippen molar-refractivity contribution in [2.45, 2.75) is 12.6 Å². The molecule has 130 valence electrons. The highest BCUT2D eigenvalue weighted by molar-refractivity contribution is 5.85. The molecule has 1 aromatic heterocycles. The molecule has 3 rings (SSSR count).